The molecule has 0 aliphatic heterocycles. The van der Waals surface area contributed by atoms with Crippen LogP contribution in [0.5, 0.6) is 0 Å². The standard InChI is InChI=1S/C19H22ClN5O3/c1-3-25(12-18(28)24-16-5-4-10-21-19(16)20)11-17(27)23-15-8-6-14(7-9-15)22-13(2)26/h4-10H,3,11-12H2,1-2H3,(H,22,26)(H,23,27)(H,24,28). The van der Waals surface area contributed by atoms with Crippen LogP contribution < -0.4 is 16.0 Å². The Morgan fingerprint density at radius 1 is 0.964 bits per heavy atom. The van der Waals surface area contributed by atoms with Crippen LogP contribution in [0.25, 0.3) is 0 Å². The maximum Gasteiger partial charge on any atom is 0.238 e. The number of anilines is 3. The number of halogens is 1. The lowest BCUT2D eigenvalue weighted by molar-refractivity contribution is -0.120. The van der Waals surface area contributed by atoms with Crippen molar-refractivity contribution in [2.24, 2.45) is 0 Å². The van der Waals surface area contributed by atoms with E-state index in [2.05, 4.69) is 20.9 Å². The van der Waals surface area contributed by atoms with Crippen molar-refractivity contribution >= 4 is 46.4 Å². The Balaban J connectivity index is 1.86. The second-order valence-electron chi connectivity index (χ2n) is 6.00. The van der Waals surface area contributed by atoms with Crippen molar-refractivity contribution in [1.29, 1.82) is 0 Å². The van der Waals surface area contributed by atoms with Crippen molar-refractivity contribution in [1.82, 2.24) is 9.88 Å². The van der Waals surface area contributed by atoms with Gasteiger partial charge in [-0.05, 0) is 42.9 Å². The molecule has 0 atom stereocenters. The fourth-order valence-electron chi connectivity index (χ4n) is 2.40. The van der Waals surface area contributed by atoms with Gasteiger partial charge in [-0.15, -0.1) is 0 Å². The van der Waals surface area contributed by atoms with Crippen molar-refractivity contribution in [3.05, 3.63) is 47.7 Å². The summed E-state index contributed by atoms with van der Waals surface area (Å²) in [6.45, 7) is 3.89. The third-order valence-corrected chi connectivity index (χ3v) is 4.01. The van der Waals surface area contributed by atoms with Crippen LogP contribution in [0.4, 0.5) is 17.1 Å². The first-order valence-corrected chi connectivity index (χ1v) is 9.05. The summed E-state index contributed by atoms with van der Waals surface area (Å²) in [4.78, 5) is 41.1. The van der Waals surface area contributed by atoms with Crippen molar-refractivity contribution in [3.63, 3.8) is 0 Å². The molecule has 3 N–H and O–H groups in total. The average Bonchev–Trinajstić information content (AvgIpc) is 2.64. The van der Waals surface area contributed by atoms with Gasteiger partial charge in [-0.25, -0.2) is 4.98 Å². The quantitative estimate of drug-likeness (QED) is 0.588. The summed E-state index contributed by atoms with van der Waals surface area (Å²) in [5.74, 6) is -0.702. The Labute approximate surface area is 168 Å². The molecule has 9 heteroatoms. The number of hydrogen-bond donors (Lipinski definition) is 3. The number of hydrogen-bond acceptors (Lipinski definition) is 5. The molecule has 1 aromatic heterocycles. The molecule has 0 saturated heterocycles. The van der Waals surface area contributed by atoms with Gasteiger partial charge in [-0.1, -0.05) is 18.5 Å². The second-order valence-corrected chi connectivity index (χ2v) is 6.36. The maximum atomic E-state index is 12.3. The molecule has 0 fully saturated rings. The predicted octanol–water partition coefficient (Wildman–Crippen LogP) is 2.59. The Morgan fingerprint density at radius 2 is 1.54 bits per heavy atom. The molecule has 1 heterocycles. The molecule has 0 radical (unpaired) electrons. The normalized spacial score (nSPS) is 10.4. The van der Waals surface area contributed by atoms with Crippen molar-refractivity contribution in [2.75, 3.05) is 35.6 Å². The van der Waals surface area contributed by atoms with Gasteiger partial charge in [0.1, 0.15) is 0 Å². The zero-order valence-corrected chi connectivity index (χ0v) is 16.4. The molecule has 0 spiro atoms. The Kier molecular flexibility index (Phi) is 7.91. The Bertz CT molecular complexity index is 842. The summed E-state index contributed by atoms with van der Waals surface area (Å²) in [6, 6.07) is 10.1. The van der Waals surface area contributed by atoms with Crippen molar-refractivity contribution in [3.8, 4) is 0 Å². The smallest absolute Gasteiger partial charge is 0.238 e. The molecule has 1 aromatic carbocycles. The first-order chi connectivity index (χ1) is 13.4. The van der Waals surface area contributed by atoms with E-state index >= 15 is 0 Å². The number of amides is 3. The number of benzene rings is 1. The summed E-state index contributed by atoms with van der Waals surface area (Å²) in [6.07, 6.45) is 1.53. The number of rotatable bonds is 8. The number of pyridine rings is 1. The lowest BCUT2D eigenvalue weighted by Crippen LogP contribution is -2.38. The molecule has 0 aliphatic rings. The van der Waals surface area contributed by atoms with Crippen LogP contribution in [-0.2, 0) is 14.4 Å². The average molecular weight is 404 g/mol. The first kappa shape index (κ1) is 21.3. The lowest BCUT2D eigenvalue weighted by Gasteiger charge is -2.19. The van der Waals surface area contributed by atoms with E-state index in [1.54, 1.807) is 41.3 Å². The molecule has 0 saturated carbocycles. The van der Waals surface area contributed by atoms with Crippen LogP contribution in [0, 0.1) is 0 Å². The van der Waals surface area contributed by atoms with Gasteiger partial charge in [0, 0.05) is 24.5 Å². The van der Waals surface area contributed by atoms with Crippen LogP contribution in [0.15, 0.2) is 42.6 Å². The molecule has 2 rings (SSSR count). The highest BCUT2D eigenvalue weighted by Gasteiger charge is 2.14. The van der Waals surface area contributed by atoms with E-state index in [-0.39, 0.29) is 36.0 Å². The highest BCUT2D eigenvalue weighted by atomic mass is 35.5. The summed E-state index contributed by atoms with van der Waals surface area (Å²) in [7, 11) is 0. The fourth-order valence-corrected chi connectivity index (χ4v) is 2.56. The summed E-state index contributed by atoms with van der Waals surface area (Å²) >= 11 is 5.93. The largest absolute Gasteiger partial charge is 0.326 e. The number of carbonyl (C=O) groups is 3. The van der Waals surface area contributed by atoms with Gasteiger partial charge in [0.05, 0.1) is 18.8 Å². The van der Waals surface area contributed by atoms with Crippen LogP contribution in [-0.4, -0.2) is 47.2 Å². The van der Waals surface area contributed by atoms with Crippen LogP contribution in [0.1, 0.15) is 13.8 Å². The summed E-state index contributed by atoms with van der Waals surface area (Å²) in [5.41, 5.74) is 1.67. The third kappa shape index (κ3) is 6.98. The molecule has 8 nitrogen and oxygen atoms in total. The zero-order chi connectivity index (χ0) is 20.5. The van der Waals surface area contributed by atoms with E-state index in [1.807, 2.05) is 6.92 Å². The monoisotopic (exact) mass is 403 g/mol. The van der Waals surface area contributed by atoms with E-state index in [4.69, 9.17) is 11.6 Å². The molecular weight excluding hydrogens is 382 g/mol. The molecular formula is C19H22ClN5O3. The molecule has 2 aromatic rings. The van der Waals surface area contributed by atoms with Gasteiger partial charge < -0.3 is 16.0 Å². The number of carbonyl (C=O) groups excluding carboxylic acids is 3. The van der Waals surface area contributed by atoms with E-state index in [9.17, 15) is 14.4 Å². The van der Waals surface area contributed by atoms with Gasteiger partial charge in [0.15, 0.2) is 5.15 Å². The highest BCUT2D eigenvalue weighted by molar-refractivity contribution is 6.32. The number of nitrogens with one attached hydrogen (secondary N) is 3. The van der Waals surface area contributed by atoms with E-state index in [0.717, 1.165) is 0 Å². The van der Waals surface area contributed by atoms with Gasteiger partial charge >= 0.3 is 0 Å². The van der Waals surface area contributed by atoms with E-state index < -0.39 is 0 Å². The molecule has 0 bridgehead atoms. The molecule has 3 amide bonds. The highest BCUT2D eigenvalue weighted by Crippen LogP contribution is 2.17. The van der Waals surface area contributed by atoms with Crippen LogP contribution in [0.3, 0.4) is 0 Å². The lowest BCUT2D eigenvalue weighted by atomic mass is 10.2. The molecule has 148 valence electrons. The molecule has 0 unspecified atom stereocenters. The number of likely N-dealkylation sites (N-methyl/N-ethyl adjacent to an activating group) is 1. The minimum absolute atomic E-state index is 0.0383. The SMILES string of the molecule is CCN(CC(=O)Nc1ccc(NC(C)=O)cc1)CC(=O)Nc1cccnc1Cl. The molecule has 28 heavy (non-hydrogen) atoms. The number of aromatic nitrogens is 1. The maximum absolute atomic E-state index is 12.3. The van der Waals surface area contributed by atoms with E-state index in [0.29, 0.717) is 23.6 Å². The first-order valence-electron chi connectivity index (χ1n) is 8.67. The molecule has 0 aliphatic carbocycles. The van der Waals surface area contributed by atoms with Gasteiger partial charge in [-0.3, -0.25) is 19.3 Å². The van der Waals surface area contributed by atoms with Crippen molar-refractivity contribution < 1.29 is 14.4 Å². The minimum atomic E-state index is -0.288. The Morgan fingerprint density at radius 3 is 2.07 bits per heavy atom. The van der Waals surface area contributed by atoms with Crippen LogP contribution in [0.2, 0.25) is 5.15 Å². The van der Waals surface area contributed by atoms with E-state index in [1.165, 1.54) is 13.1 Å². The van der Waals surface area contributed by atoms with Gasteiger partial charge in [-0.2, -0.15) is 0 Å². The third-order valence-electron chi connectivity index (χ3n) is 3.70. The zero-order valence-electron chi connectivity index (χ0n) is 15.7. The second kappa shape index (κ2) is 10.4. The van der Waals surface area contributed by atoms with Gasteiger partial charge in [0.25, 0.3) is 0 Å². The Hall–Kier alpha value is -2.97. The van der Waals surface area contributed by atoms with Crippen LogP contribution >= 0.6 is 11.6 Å². The van der Waals surface area contributed by atoms with Crippen molar-refractivity contribution in [2.45, 2.75) is 13.8 Å². The number of nitrogens with zero attached hydrogens (tertiary/aromatic N) is 2. The topological polar surface area (TPSA) is 103 Å². The van der Waals surface area contributed by atoms with Gasteiger partial charge in [0.2, 0.25) is 17.7 Å². The minimum Gasteiger partial charge on any atom is -0.326 e. The predicted molar refractivity (Wildman–Crippen MR) is 109 cm³/mol. The summed E-state index contributed by atoms with van der Waals surface area (Å²) in [5, 5.41) is 8.30. The summed E-state index contributed by atoms with van der Waals surface area (Å²) < 4.78 is 0. The fraction of sp³-hybridized carbons (Fsp3) is 0.263.